The maximum absolute atomic E-state index is 5.49. The molecule has 3 heterocycles. The van der Waals surface area contributed by atoms with E-state index in [-0.39, 0.29) is 0 Å². The first-order chi connectivity index (χ1) is 13.3. The van der Waals surface area contributed by atoms with Gasteiger partial charge >= 0.3 is 21.0 Å². The minimum absolute atomic E-state index is 0.531. The largest absolute Gasteiger partial charge is 0.522 e. The van der Waals surface area contributed by atoms with Gasteiger partial charge in [0.2, 0.25) is 5.17 Å². The van der Waals surface area contributed by atoms with E-state index in [0.29, 0.717) is 5.23 Å². The summed E-state index contributed by atoms with van der Waals surface area (Å²) in [7, 11) is 3.45. The Morgan fingerprint density at radius 2 is 1.59 bits per heavy atom. The minimum Gasteiger partial charge on any atom is -0.472 e. The SMILES string of the molecule is CN=C1N[N+]2=C(c3ccccc3)C(c3ccccc3)=[N+]3N=C(OC)SC32S1. The van der Waals surface area contributed by atoms with Gasteiger partial charge < -0.3 is 4.74 Å². The van der Waals surface area contributed by atoms with E-state index in [2.05, 4.69) is 51.5 Å². The normalized spacial score (nSPS) is 24.8. The summed E-state index contributed by atoms with van der Waals surface area (Å²) in [4.78, 5) is 4.37. The zero-order valence-corrected chi connectivity index (χ0v) is 16.4. The molecule has 0 saturated carbocycles. The minimum atomic E-state index is -0.531. The summed E-state index contributed by atoms with van der Waals surface area (Å²) in [5.74, 6) is 0. The number of rotatable bonds is 2. The van der Waals surface area contributed by atoms with Crippen molar-refractivity contribution in [3.63, 3.8) is 0 Å². The summed E-state index contributed by atoms with van der Waals surface area (Å²) < 4.78 is 9.15. The highest BCUT2D eigenvalue weighted by molar-refractivity contribution is 8.30. The molecule has 2 aromatic carbocycles. The highest BCUT2D eigenvalue weighted by Gasteiger charge is 2.76. The van der Waals surface area contributed by atoms with Crippen molar-refractivity contribution in [2.45, 2.75) is 4.33 Å². The smallest absolute Gasteiger partial charge is 0.472 e. The predicted octanol–water partition coefficient (Wildman–Crippen LogP) is 2.52. The number of hydrogen-bond acceptors (Lipinski definition) is 5. The van der Waals surface area contributed by atoms with Crippen molar-refractivity contribution in [1.82, 2.24) is 5.43 Å². The van der Waals surface area contributed by atoms with E-state index in [4.69, 9.17) is 9.84 Å². The van der Waals surface area contributed by atoms with E-state index in [0.717, 1.165) is 27.7 Å². The van der Waals surface area contributed by atoms with Crippen molar-refractivity contribution in [2.24, 2.45) is 10.1 Å². The van der Waals surface area contributed by atoms with E-state index in [1.54, 1.807) is 37.7 Å². The lowest BCUT2D eigenvalue weighted by Gasteiger charge is -2.02. The average Bonchev–Trinajstić information content (AvgIpc) is 3.34. The number of amidine groups is 1. The molecule has 134 valence electrons. The second-order valence-electron chi connectivity index (χ2n) is 6.04. The molecule has 1 N–H and O–H groups in total. The monoisotopic (exact) mass is 395 g/mol. The number of methoxy groups -OCH3 is 1. The second kappa shape index (κ2) is 6.24. The van der Waals surface area contributed by atoms with Gasteiger partial charge in [0, 0.05) is 11.7 Å². The van der Waals surface area contributed by atoms with Crippen LogP contribution in [0.4, 0.5) is 0 Å². The molecule has 3 aliphatic rings. The molecular formula is C19H17N5OS2+2. The highest BCUT2D eigenvalue weighted by Crippen LogP contribution is 2.50. The Bertz CT molecular complexity index is 1050. The van der Waals surface area contributed by atoms with Gasteiger partial charge in [-0.15, -0.1) is 5.43 Å². The quantitative estimate of drug-likeness (QED) is 0.794. The number of aliphatic imine (C=N–C) groups is 1. The summed E-state index contributed by atoms with van der Waals surface area (Å²) in [5.41, 5.74) is 7.78. The lowest BCUT2D eigenvalue weighted by atomic mass is 10.00. The predicted molar refractivity (Wildman–Crippen MR) is 110 cm³/mol. The van der Waals surface area contributed by atoms with Crippen LogP contribution in [0, 0.1) is 0 Å². The van der Waals surface area contributed by atoms with Crippen molar-refractivity contribution >= 4 is 45.3 Å². The van der Waals surface area contributed by atoms with E-state index in [1.165, 1.54) is 0 Å². The molecule has 0 bridgehead atoms. The lowest BCUT2D eigenvalue weighted by Crippen LogP contribution is -2.40. The van der Waals surface area contributed by atoms with Crippen molar-refractivity contribution < 1.29 is 14.1 Å². The van der Waals surface area contributed by atoms with Gasteiger partial charge in [0.1, 0.15) is 11.8 Å². The number of thioether (sulfide) groups is 2. The lowest BCUT2D eigenvalue weighted by molar-refractivity contribution is -0.766. The Morgan fingerprint density at radius 1 is 0.963 bits per heavy atom. The van der Waals surface area contributed by atoms with Crippen molar-refractivity contribution in [3.05, 3.63) is 71.8 Å². The Hall–Kier alpha value is -2.58. The maximum atomic E-state index is 5.49. The van der Waals surface area contributed by atoms with Crippen LogP contribution in [0.2, 0.25) is 0 Å². The highest BCUT2D eigenvalue weighted by atomic mass is 32.2. The molecule has 1 spiro atoms. The van der Waals surface area contributed by atoms with Crippen LogP contribution < -0.4 is 5.43 Å². The maximum Gasteiger partial charge on any atom is 0.522 e. The molecule has 8 heteroatoms. The molecule has 5 rings (SSSR count). The number of ether oxygens (including phenoxy) is 1. The Kier molecular flexibility index (Phi) is 3.84. The van der Waals surface area contributed by atoms with Gasteiger partial charge in [-0.3, -0.25) is 4.99 Å². The number of hydrazine groups is 1. The summed E-state index contributed by atoms with van der Waals surface area (Å²) in [6.45, 7) is 0. The van der Waals surface area contributed by atoms with Gasteiger partial charge in [-0.2, -0.15) is 0 Å². The van der Waals surface area contributed by atoms with Crippen LogP contribution in [0.3, 0.4) is 0 Å². The molecule has 3 aliphatic heterocycles. The Balaban J connectivity index is 1.83. The first kappa shape index (κ1) is 16.6. The molecule has 2 aromatic rings. The molecule has 0 radical (unpaired) electrons. The third-order valence-corrected chi connectivity index (χ3v) is 7.15. The second-order valence-corrected chi connectivity index (χ2v) is 8.58. The van der Waals surface area contributed by atoms with Gasteiger partial charge in [0.05, 0.1) is 35.1 Å². The number of hydrogen-bond donors (Lipinski definition) is 1. The molecule has 1 fully saturated rings. The van der Waals surface area contributed by atoms with Gasteiger partial charge in [0.25, 0.3) is 0 Å². The van der Waals surface area contributed by atoms with Crippen LogP contribution in [0.25, 0.3) is 0 Å². The van der Waals surface area contributed by atoms with Crippen LogP contribution in [-0.4, -0.2) is 49.7 Å². The van der Waals surface area contributed by atoms with Crippen LogP contribution in [0.1, 0.15) is 11.1 Å². The number of hydrazone groups is 2. The van der Waals surface area contributed by atoms with Crippen molar-refractivity contribution in [3.8, 4) is 0 Å². The molecule has 0 aliphatic carbocycles. The fourth-order valence-corrected chi connectivity index (χ4v) is 5.80. The molecule has 1 atom stereocenters. The van der Waals surface area contributed by atoms with Crippen LogP contribution >= 0.6 is 23.5 Å². The van der Waals surface area contributed by atoms with E-state index < -0.39 is 4.33 Å². The number of nitrogens with one attached hydrogen (secondary N) is 1. The first-order valence-electron chi connectivity index (χ1n) is 8.46. The van der Waals surface area contributed by atoms with E-state index in [1.807, 2.05) is 28.9 Å². The van der Waals surface area contributed by atoms with E-state index in [9.17, 15) is 0 Å². The molecule has 0 amide bonds. The summed E-state index contributed by atoms with van der Waals surface area (Å²) >= 11 is 3.21. The standard InChI is InChI=1S/C19H16N5OS2/c1-20-17-21-23-15(13-9-5-3-6-10-13)16(14-11-7-4-8-12-14)24-19(23,26-17)27-18(22-24)25-2/h3-12H,1-2H3/q+1/p+1. The fourth-order valence-electron chi connectivity index (χ4n) is 3.38. The number of benzene rings is 2. The van der Waals surface area contributed by atoms with Crippen LogP contribution in [-0.2, 0) is 4.74 Å². The van der Waals surface area contributed by atoms with Crippen LogP contribution in [0.15, 0.2) is 70.8 Å². The molecule has 6 nitrogen and oxygen atoms in total. The number of nitrogens with zero attached hydrogens (tertiary/aromatic N) is 4. The Morgan fingerprint density at radius 3 is 2.19 bits per heavy atom. The third kappa shape index (κ3) is 2.36. The summed E-state index contributed by atoms with van der Waals surface area (Å²) in [5, 5.41) is 6.26. The van der Waals surface area contributed by atoms with Crippen molar-refractivity contribution in [1.29, 1.82) is 0 Å². The zero-order chi connectivity index (χ0) is 18.4. The zero-order valence-electron chi connectivity index (χ0n) is 14.8. The fraction of sp³-hybridized carbons (Fsp3) is 0.158. The topological polar surface area (TPSA) is 52.0 Å². The van der Waals surface area contributed by atoms with E-state index >= 15 is 0 Å². The van der Waals surface area contributed by atoms with Gasteiger partial charge in [-0.1, -0.05) is 36.4 Å². The molecular weight excluding hydrogens is 378 g/mol. The molecule has 27 heavy (non-hydrogen) atoms. The van der Waals surface area contributed by atoms with Crippen LogP contribution in [0.5, 0.6) is 0 Å². The first-order valence-corrected chi connectivity index (χ1v) is 10.1. The molecule has 0 aromatic heterocycles. The molecule has 1 saturated heterocycles. The summed E-state index contributed by atoms with van der Waals surface area (Å²) in [6.07, 6.45) is 0. The molecule has 1 unspecified atom stereocenters. The van der Waals surface area contributed by atoms with Gasteiger partial charge in [0.15, 0.2) is 0 Å². The van der Waals surface area contributed by atoms with Gasteiger partial charge in [-0.05, 0) is 28.9 Å². The Labute approximate surface area is 165 Å². The summed E-state index contributed by atoms with van der Waals surface area (Å²) in [6, 6.07) is 20.7. The van der Waals surface area contributed by atoms with Crippen molar-refractivity contribution in [2.75, 3.05) is 14.2 Å². The van der Waals surface area contributed by atoms with Gasteiger partial charge in [-0.25, -0.2) is 0 Å². The average molecular weight is 396 g/mol. The third-order valence-electron chi connectivity index (χ3n) is 4.52.